The first-order chi connectivity index (χ1) is 5.71. The van der Waals surface area contributed by atoms with Crippen LogP contribution in [0.4, 0.5) is 0 Å². The van der Waals surface area contributed by atoms with Gasteiger partial charge in [0, 0.05) is 9.49 Å². The molecule has 1 N–H and O–H groups in total. The van der Waals surface area contributed by atoms with Gasteiger partial charge in [-0.15, -0.1) is 11.8 Å². The minimum Gasteiger partial charge on any atom is -0.392 e. The van der Waals surface area contributed by atoms with Crippen LogP contribution in [0.5, 0.6) is 0 Å². The zero-order chi connectivity index (χ0) is 8.03. The maximum absolute atomic E-state index is 9.62. The Balaban J connectivity index is 1.75. The van der Waals surface area contributed by atoms with E-state index in [4.69, 9.17) is 0 Å². The average molecular weight is 182 g/mol. The second kappa shape index (κ2) is 1.50. The summed E-state index contributed by atoms with van der Waals surface area (Å²) in [5.41, 5.74) is 0.731. The minimum atomic E-state index is 0.0555. The summed E-state index contributed by atoms with van der Waals surface area (Å²) in [5.74, 6) is 0. The molecular formula is C10H14OS. The molecule has 66 valence electrons. The fraction of sp³-hybridized carbons (Fsp3) is 1.00. The highest BCUT2D eigenvalue weighted by atomic mass is 32.2. The van der Waals surface area contributed by atoms with Crippen LogP contribution >= 0.6 is 11.8 Å². The first-order valence-corrected chi connectivity index (χ1v) is 5.90. The molecule has 1 nitrogen and oxygen atoms in total. The monoisotopic (exact) mass is 182 g/mol. The van der Waals surface area contributed by atoms with Gasteiger partial charge in [0.05, 0.1) is 6.10 Å². The molecule has 0 aromatic heterocycles. The molecule has 0 amide bonds. The lowest BCUT2D eigenvalue weighted by Crippen LogP contribution is -2.12. The van der Waals surface area contributed by atoms with E-state index in [0.29, 0.717) is 9.49 Å². The number of hydrogen-bond acceptors (Lipinski definition) is 2. The van der Waals surface area contributed by atoms with E-state index in [0.717, 1.165) is 11.8 Å². The molecule has 1 aliphatic heterocycles. The van der Waals surface area contributed by atoms with Crippen LogP contribution in [-0.2, 0) is 0 Å². The molecule has 4 fully saturated rings. The lowest BCUT2D eigenvalue weighted by molar-refractivity contribution is 0.258. The van der Waals surface area contributed by atoms with Gasteiger partial charge in [-0.3, -0.25) is 0 Å². The van der Waals surface area contributed by atoms with Gasteiger partial charge in [-0.1, -0.05) is 0 Å². The summed E-state index contributed by atoms with van der Waals surface area (Å²) in [7, 11) is 0. The van der Waals surface area contributed by atoms with Crippen LogP contribution < -0.4 is 0 Å². The van der Waals surface area contributed by atoms with Gasteiger partial charge >= 0.3 is 0 Å². The van der Waals surface area contributed by atoms with Gasteiger partial charge in [0.25, 0.3) is 0 Å². The normalized spacial score (nSPS) is 55.2. The zero-order valence-electron chi connectivity index (χ0n) is 7.18. The Labute approximate surface area is 76.9 Å². The molecule has 3 spiro atoms. The van der Waals surface area contributed by atoms with Crippen molar-refractivity contribution in [2.45, 2.75) is 54.1 Å². The van der Waals surface area contributed by atoms with Crippen molar-refractivity contribution in [3.63, 3.8) is 0 Å². The highest BCUT2D eigenvalue weighted by Crippen LogP contribution is 2.84. The third kappa shape index (κ3) is 0.550. The first-order valence-electron chi connectivity index (χ1n) is 5.09. The van der Waals surface area contributed by atoms with Gasteiger partial charge in [0.1, 0.15) is 0 Å². The summed E-state index contributed by atoms with van der Waals surface area (Å²) < 4.78 is 1.05. The van der Waals surface area contributed by atoms with Gasteiger partial charge in [-0.05, 0) is 43.9 Å². The number of aliphatic hydroxyl groups excluding tert-OH is 1. The third-order valence-electron chi connectivity index (χ3n) is 4.55. The Morgan fingerprint density at radius 2 is 1.83 bits per heavy atom. The average Bonchev–Trinajstić information content (AvgIpc) is 2.76. The van der Waals surface area contributed by atoms with E-state index >= 15 is 0 Å². The van der Waals surface area contributed by atoms with Crippen molar-refractivity contribution in [2.75, 3.05) is 0 Å². The van der Waals surface area contributed by atoms with E-state index in [1.54, 1.807) is 0 Å². The van der Waals surface area contributed by atoms with Gasteiger partial charge in [-0.2, -0.15) is 0 Å². The van der Waals surface area contributed by atoms with E-state index < -0.39 is 0 Å². The molecule has 2 heteroatoms. The summed E-state index contributed by atoms with van der Waals surface area (Å²) in [6.07, 6.45) is 8.34. The fourth-order valence-corrected chi connectivity index (χ4v) is 5.67. The van der Waals surface area contributed by atoms with Crippen LogP contribution in [0.3, 0.4) is 0 Å². The van der Waals surface area contributed by atoms with Crippen LogP contribution in [0.2, 0.25) is 0 Å². The second-order valence-corrected chi connectivity index (χ2v) is 7.14. The van der Waals surface area contributed by atoms with Crippen LogP contribution in [0.1, 0.15) is 38.5 Å². The molecule has 0 aromatic rings. The van der Waals surface area contributed by atoms with Crippen molar-refractivity contribution >= 4 is 11.8 Å². The van der Waals surface area contributed by atoms with Crippen molar-refractivity contribution in [1.82, 2.24) is 0 Å². The molecule has 12 heavy (non-hydrogen) atoms. The predicted octanol–water partition coefficient (Wildman–Crippen LogP) is 1.94. The second-order valence-electron chi connectivity index (χ2n) is 5.34. The molecule has 3 saturated carbocycles. The zero-order valence-corrected chi connectivity index (χ0v) is 7.99. The van der Waals surface area contributed by atoms with Crippen molar-refractivity contribution in [3.8, 4) is 0 Å². The lowest BCUT2D eigenvalue weighted by atomic mass is 9.93. The topological polar surface area (TPSA) is 20.2 Å². The van der Waals surface area contributed by atoms with E-state index in [1.165, 1.54) is 32.1 Å². The third-order valence-corrected chi connectivity index (χ3v) is 6.77. The van der Waals surface area contributed by atoms with Crippen LogP contribution in [0.25, 0.3) is 0 Å². The Morgan fingerprint density at radius 1 is 1.17 bits per heavy atom. The predicted molar refractivity (Wildman–Crippen MR) is 49.2 cm³/mol. The Morgan fingerprint density at radius 3 is 2.17 bits per heavy atom. The van der Waals surface area contributed by atoms with Gasteiger partial charge < -0.3 is 5.11 Å². The Hall–Kier alpha value is 0.310. The number of rotatable bonds is 0. The van der Waals surface area contributed by atoms with Gasteiger partial charge in [-0.25, -0.2) is 0 Å². The van der Waals surface area contributed by atoms with E-state index in [-0.39, 0.29) is 6.10 Å². The summed E-state index contributed by atoms with van der Waals surface area (Å²) in [5, 5.41) is 9.62. The van der Waals surface area contributed by atoms with Crippen LogP contribution in [0, 0.1) is 5.41 Å². The van der Waals surface area contributed by atoms with Crippen molar-refractivity contribution in [1.29, 1.82) is 0 Å². The maximum Gasteiger partial charge on any atom is 0.0702 e. The van der Waals surface area contributed by atoms with Gasteiger partial charge in [0.2, 0.25) is 0 Å². The van der Waals surface area contributed by atoms with E-state index in [9.17, 15) is 5.11 Å². The molecule has 0 radical (unpaired) electrons. The minimum absolute atomic E-state index is 0.0555. The van der Waals surface area contributed by atoms with E-state index in [2.05, 4.69) is 11.8 Å². The largest absolute Gasteiger partial charge is 0.392 e. The Kier molecular flexibility index (Phi) is 0.840. The van der Waals surface area contributed by atoms with Crippen molar-refractivity contribution in [2.24, 2.45) is 5.41 Å². The number of aliphatic hydroxyl groups is 1. The van der Waals surface area contributed by atoms with Crippen molar-refractivity contribution < 1.29 is 5.11 Å². The molecular weight excluding hydrogens is 168 g/mol. The number of fused-ring (bicyclic) bond motifs is 1. The summed E-state index contributed by atoms with van der Waals surface area (Å²) >= 11 is 2.17. The molecule has 1 saturated heterocycles. The lowest BCUT2D eigenvalue weighted by Gasteiger charge is -2.13. The Bertz CT molecular complexity index is 245. The SMILES string of the molecule is O[C@H]1CC12CC1(CC1)C1(CC1)S2. The van der Waals surface area contributed by atoms with Crippen LogP contribution in [0.15, 0.2) is 0 Å². The molecule has 0 bridgehead atoms. The maximum atomic E-state index is 9.62. The molecule has 1 heterocycles. The highest BCUT2D eigenvalue weighted by molar-refractivity contribution is 8.03. The quantitative estimate of drug-likeness (QED) is 0.618. The molecule has 4 rings (SSSR count). The fourth-order valence-electron chi connectivity index (χ4n) is 3.36. The van der Waals surface area contributed by atoms with Crippen molar-refractivity contribution in [3.05, 3.63) is 0 Å². The highest BCUT2D eigenvalue weighted by Gasteiger charge is 2.78. The summed E-state index contributed by atoms with van der Waals surface area (Å²) in [4.78, 5) is 0. The molecule has 3 aliphatic carbocycles. The molecule has 4 aliphatic rings. The van der Waals surface area contributed by atoms with E-state index in [1.807, 2.05) is 0 Å². The van der Waals surface area contributed by atoms with Gasteiger partial charge in [0.15, 0.2) is 0 Å². The molecule has 1 unspecified atom stereocenters. The summed E-state index contributed by atoms with van der Waals surface area (Å²) in [6.45, 7) is 0. The van der Waals surface area contributed by atoms with Crippen LogP contribution in [-0.4, -0.2) is 20.7 Å². The summed E-state index contributed by atoms with van der Waals surface area (Å²) in [6, 6.07) is 0. The molecule has 2 atom stereocenters. The molecule has 0 aromatic carbocycles. The number of thioether (sulfide) groups is 1. The first kappa shape index (κ1) is 6.72. The standard InChI is InChI=1S/C10H14OS/c11-7-5-9(7)6-8(1-2-8)10(12-9)3-4-10/h7,11H,1-6H2/t7-,9?/m0/s1. The number of hydrogen-bond donors (Lipinski definition) is 1. The smallest absolute Gasteiger partial charge is 0.0702 e.